The molecule has 0 fully saturated rings. The highest BCUT2D eigenvalue weighted by Crippen LogP contribution is 2.26. The summed E-state index contributed by atoms with van der Waals surface area (Å²) in [6.07, 6.45) is -0.775. The van der Waals surface area contributed by atoms with E-state index in [0.29, 0.717) is 16.9 Å². The summed E-state index contributed by atoms with van der Waals surface area (Å²) in [5.41, 5.74) is 1.76. The average molecular weight is 346 g/mol. The highest BCUT2D eigenvalue weighted by Gasteiger charge is 2.24. The van der Waals surface area contributed by atoms with Crippen LogP contribution >= 0.6 is 0 Å². The Kier molecular flexibility index (Phi) is 5.44. The minimum atomic E-state index is -0.775. The molecule has 0 amide bonds. The lowest BCUT2D eigenvalue weighted by Gasteiger charge is -2.19. The molecule has 130 valence electrons. The number of rotatable bonds is 6. The van der Waals surface area contributed by atoms with E-state index in [1.54, 1.807) is 36.4 Å². The molecule has 0 aliphatic heterocycles. The smallest absolute Gasteiger partial charge is 0.337 e. The number of hydrogen-bond donors (Lipinski definition) is 0. The second kappa shape index (κ2) is 8.12. The van der Waals surface area contributed by atoms with Crippen molar-refractivity contribution < 1.29 is 19.1 Å². The summed E-state index contributed by atoms with van der Waals surface area (Å²) in [4.78, 5) is 24.5. The van der Waals surface area contributed by atoms with E-state index in [2.05, 4.69) is 4.74 Å². The number of carbonyl (C=O) groups excluding carboxylic acids is 2. The summed E-state index contributed by atoms with van der Waals surface area (Å²) in [6.45, 7) is 0. The highest BCUT2D eigenvalue weighted by atomic mass is 16.5. The molecule has 0 saturated carbocycles. The van der Waals surface area contributed by atoms with Crippen molar-refractivity contribution in [1.82, 2.24) is 0 Å². The van der Waals surface area contributed by atoms with Crippen molar-refractivity contribution >= 4 is 11.8 Å². The number of methoxy groups -OCH3 is 1. The van der Waals surface area contributed by atoms with Crippen molar-refractivity contribution in [2.45, 2.75) is 6.10 Å². The number of carbonyl (C=O) groups is 2. The van der Waals surface area contributed by atoms with Gasteiger partial charge in [-0.25, -0.2) is 4.79 Å². The van der Waals surface area contributed by atoms with Crippen LogP contribution in [-0.4, -0.2) is 18.9 Å². The highest BCUT2D eigenvalue weighted by molar-refractivity contribution is 6.00. The second-order valence-corrected chi connectivity index (χ2v) is 5.65. The third-order valence-corrected chi connectivity index (χ3v) is 3.93. The minimum Gasteiger partial charge on any atom is -0.478 e. The molecule has 0 saturated heterocycles. The summed E-state index contributed by atoms with van der Waals surface area (Å²) in [7, 11) is 1.33. The molecule has 0 bridgehead atoms. The average Bonchev–Trinajstić information content (AvgIpc) is 2.72. The van der Waals surface area contributed by atoms with E-state index in [9.17, 15) is 9.59 Å². The predicted molar refractivity (Wildman–Crippen MR) is 98.4 cm³/mol. The van der Waals surface area contributed by atoms with E-state index in [-0.39, 0.29) is 5.78 Å². The Labute approximate surface area is 152 Å². The van der Waals surface area contributed by atoms with Crippen LogP contribution in [0.5, 0.6) is 5.75 Å². The Morgan fingerprint density at radius 1 is 0.731 bits per heavy atom. The second-order valence-electron chi connectivity index (χ2n) is 5.65. The molecule has 0 spiro atoms. The van der Waals surface area contributed by atoms with Gasteiger partial charge in [-0.15, -0.1) is 0 Å². The van der Waals surface area contributed by atoms with Gasteiger partial charge in [-0.05, 0) is 24.3 Å². The fourth-order valence-corrected chi connectivity index (χ4v) is 2.58. The van der Waals surface area contributed by atoms with E-state index in [1.807, 2.05) is 48.5 Å². The number of hydrogen-bond acceptors (Lipinski definition) is 4. The SMILES string of the molecule is COC(=O)c1ccc(O[C@H](C(=O)c2ccccc2)c2ccccc2)cc1. The molecule has 0 unspecified atom stereocenters. The van der Waals surface area contributed by atoms with Gasteiger partial charge in [-0.2, -0.15) is 0 Å². The molecular formula is C22H18O4. The van der Waals surface area contributed by atoms with E-state index in [0.717, 1.165) is 5.56 Å². The van der Waals surface area contributed by atoms with Crippen LogP contribution < -0.4 is 4.74 Å². The van der Waals surface area contributed by atoms with E-state index in [1.165, 1.54) is 7.11 Å². The molecule has 3 aromatic rings. The van der Waals surface area contributed by atoms with Crippen molar-refractivity contribution in [2.75, 3.05) is 7.11 Å². The van der Waals surface area contributed by atoms with Crippen LogP contribution in [0, 0.1) is 0 Å². The van der Waals surface area contributed by atoms with Crippen LogP contribution in [0.15, 0.2) is 84.9 Å². The molecule has 3 aromatic carbocycles. The lowest BCUT2D eigenvalue weighted by Crippen LogP contribution is -2.19. The molecular weight excluding hydrogens is 328 g/mol. The summed E-state index contributed by atoms with van der Waals surface area (Å²) < 4.78 is 10.7. The maximum atomic E-state index is 13.0. The van der Waals surface area contributed by atoms with Crippen molar-refractivity contribution in [1.29, 1.82) is 0 Å². The number of esters is 1. The van der Waals surface area contributed by atoms with Gasteiger partial charge in [0, 0.05) is 11.1 Å². The molecule has 4 nitrogen and oxygen atoms in total. The van der Waals surface area contributed by atoms with Gasteiger partial charge in [-0.1, -0.05) is 60.7 Å². The summed E-state index contributed by atoms with van der Waals surface area (Å²) in [6, 6.07) is 24.9. The van der Waals surface area contributed by atoms with Crippen LogP contribution in [0.3, 0.4) is 0 Å². The van der Waals surface area contributed by atoms with E-state index >= 15 is 0 Å². The first-order chi connectivity index (χ1) is 12.7. The third-order valence-electron chi connectivity index (χ3n) is 3.93. The first-order valence-corrected chi connectivity index (χ1v) is 8.18. The van der Waals surface area contributed by atoms with Gasteiger partial charge in [0.2, 0.25) is 5.78 Å². The fraction of sp³-hybridized carbons (Fsp3) is 0.0909. The molecule has 4 heteroatoms. The molecule has 0 radical (unpaired) electrons. The fourth-order valence-electron chi connectivity index (χ4n) is 2.58. The van der Waals surface area contributed by atoms with Crippen LogP contribution in [0.4, 0.5) is 0 Å². The van der Waals surface area contributed by atoms with E-state index < -0.39 is 12.1 Å². The van der Waals surface area contributed by atoms with Gasteiger partial charge in [0.25, 0.3) is 0 Å². The quantitative estimate of drug-likeness (QED) is 0.488. The Hall–Kier alpha value is -3.40. The first kappa shape index (κ1) is 17.4. The number of ether oxygens (including phenoxy) is 2. The zero-order valence-corrected chi connectivity index (χ0v) is 14.3. The molecule has 0 aliphatic carbocycles. The predicted octanol–water partition coefficient (Wildman–Crippen LogP) is 4.48. The zero-order chi connectivity index (χ0) is 18.4. The van der Waals surface area contributed by atoms with Crippen molar-refractivity contribution in [3.05, 3.63) is 102 Å². The summed E-state index contributed by atoms with van der Waals surface area (Å²) in [5.74, 6) is -0.0545. The molecule has 0 heterocycles. The lowest BCUT2D eigenvalue weighted by atomic mass is 10.00. The summed E-state index contributed by atoms with van der Waals surface area (Å²) in [5, 5.41) is 0. The number of Topliss-reactive ketones (excluding diaryl/α,β-unsaturated/α-hetero) is 1. The van der Waals surface area contributed by atoms with Gasteiger partial charge >= 0.3 is 5.97 Å². The molecule has 0 aromatic heterocycles. The Balaban J connectivity index is 1.89. The van der Waals surface area contributed by atoms with Gasteiger partial charge < -0.3 is 9.47 Å². The van der Waals surface area contributed by atoms with Crippen LogP contribution in [-0.2, 0) is 4.74 Å². The van der Waals surface area contributed by atoms with Crippen molar-refractivity contribution in [3.63, 3.8) is 0 Å². The largest absolute Gasteiger partial charge is 0.478 e. The minimum absolute atomic E-state index is 0.131. The standard InChI is InChI=1S/C22H18O4/c1-25-22(24)18-12-14-19(15-13-18)26-21(17-10-6-3-7-11-17)20(23)16-8-4-2-5-9-16/h2-15,21H,1H3/t21-/m0/s1. The normalized spacial score (nSPS) is 11.4. The van der Waals surface area contributed by atoms with Crippen molar-refractivity contribution in [3.8, 4) is 5.75 Å². The monoisotopic (exact) mass is 346 g/mol. The molecule has 1 atom stereocenters. The first-order valence-electron chi connectivity index (χ1n) is 8.18. The topological polar surface area (TPSA) is 52.6 Å². The third kappa shape index (κ3) is 3.98. The molecule has 26 heavy (non-hydrogen) atoms. The summed E-state index contributed by atoms with van der Waals surface area (Å²) >= 11 is 0. The molecule has 0 aliphatic rings. The number of benzene rings is 3. The maximum absolute atomic E-state index is 13.0. The van der Waals surface area contributed by atoms with Gasteiger partial charge in [0.15, 0.2) is 6.10 Å². The van der Waals surface area contributed by atoms with Crippen LogP contribution in [0.25, 0.3) is 0 Å². The van der Waals surface area contributed by atoms with Crippen LogP contribution in [0.2, 0.25) is 0 Å². The zero-order valence-electron chi connectivity index (χ0n) is 14.3. The maximum Gasteiger partial charge on any atom is 0.337 e. The molecule has 3 rings (SSSR count). The van der Waals surface area contributed by atoms with Gasteiger partial charge in [0.05, 0.1) is 12.7 Å². The lowest BCUT2D eigenvalue weighted by molar-refractivity contribution is 0.0600. The Morgan fingerprint density at radius 3 is 1.88 bits per heavy atom. The van der Waals surface area contributed by atoms with Gasteiger partial charge in [-0.3, -0.25) is 4.79 Å². The van der Waals surface area contributed by atoms with Crippen LogP contribution in [0.1, 0.15) is 32.4 Å². The van der Waals surface area contributed by atoms with Gasteiger partial charge in [0.1, 0.15) is 5.75 Å². The van der Waals surface area contributed by atoms with E-state index in [4.69, 9.17) is 4.74 Å². The number of ketones is 1. The Bertz CT molecular complexity index is 871. The molecule has 0 N–H and O–H groups in total. The Morgan fingerprint density at radius 2 is 1.31 bits per heavy atom. The van der Waals surface area contributed by atoms with Crippen molar-refractivity contribution in [2.24, 2.45) is 0 Å².